The van der Waals surface area contributed by atoms with Crippen LogP contribution in [0.4, 0.5) is 0 Å². The topological polar surface area (TPSA) is 66.8 Å². The van der Waals surface area contributed by atoms with E-state index in [4.69, 9.17) is 4.98 Å². The van der Waals surface area contributed by atoms with Crippen LogP contribution in [0, 0.1) is 6.92 Å². The Hall–Kier alpha value is -3.41. The minimum atomic E-state index is 0.203. The van der Waals surface area contributed by atoms with Crippen LogP contribution < -0.4 is 0 Å². The van der Waals surface area contributed by atoms with Crippen LogP contribution in [0.5, 0.6) is 0 Å². The lowest BCUT2D eigenvalue weighted by atomic mass is 9.92. The van der Waals surface area contributed by atoms with Crippen molar-refractivity contribution in [2.24, 2.45) is 0 Å². The number of aromatic nitrogens is 4. The number of hydrogen-bond acceptors (Lipinski definition) is 3. The molecule has 0 spiro atoms. The molecule has 0 aliphatic carbocycles. The van der Waals surface area contributed by atoms with Crippen molar-refractivity contribution in [2.75, 3.05) is 13.1 Å². The summed E-state index contributed by atoms with van der Waals surface area (Å²) in [6.45, 7) is 3.54. The minimum absolute atomic E-state index is 0.203. The van der Waals surface area contributed by atoms with Crippen molar-refractivity contribution in [1.29, 1.82) is 0 Å². The molecule has 30 heavy (non-hydrogen) atoms. The molecular formula is C24H25N5O. The van der Waals surface area contributed by atoms with Crippen LogP contribution in [-0.4, -0.2) is 43.4 Å². The van der Waals surface area contributed by atoms with E-state index in [1.807, 2.05) is 53.0 Å². The van der Waals surface area contributed by atoms with E-state index in [0.29, 0.717) is 12.3 Å². The molecule has 1 amide bonds. The molecule has 1 aliphatic heterocycles. The van der Waals surface area contributed by atoms with Crippen LogP contribution in [0.2, 0.25) is 0 Å². The summed E-state index contributed by atoms with van der Waals surface area (Å²) in [5.41, 5.74) is 3.25. The number of fused-ring (bicyclic) bond motifs is 1. The third-order valence-electron chi connectivity index (χ3n) is 6.11. The number of rotatable bonds is 4. The van der Waals surface area contributed by atoms with Crippen LogP contribution in [-0.2, 0) is 11.2 Å². The molecule has 4 aromatic rings. The number of piperidine rings is 1. The summed E-state index contributed by atoms with van der Waals surface area (Å²) in [6.07, 6.45) is 8.03. The number of H-pyrrole nitrogens is 1. The maximum atomic E-state index is 12.9. The second-order valence-corrected chi connectivity index (χ2v) is 7.96. The third kappa shape index (κ3) is 3.49. The number of carbonyl (C=O) groups is 1. The Morgan fingerprint density at radius 1 is 1.13 bits per heavy atom. The number of para-hydroxylation sites is 1. The van der Waals surface area contributed by atoms with Gasteiger partial charge in [0.25, 0.3) is 0 Å². The molecule has 6 nitrogen and oxygen atoms in total. The fourth-order valence-electron chi connectivity index (χ4n) is 4.40. The number of pyridine rings is 1. The first-order chi connectivity index (χ1) is 14.7. The zero-order chi connectivity index (χ0) is 20.5. The molecule has 1 aliphatic rings. The van der Waals surface area contributed by atoms with Gasteiger partial charge in [-0.25, -0.2) is 9.97 Å². The van der Waals surface area contributed by atoms with Gasteiger partial charge < -0.3 is 9.88 Å². The van der Waals surface area contributed by atoms with Gasteiger partial charge in [0.15, 0.2) is 0 Å². The largest absolute Gasteiger partial charge is 0.361 e. The van der Waals surface area contributed by atoms with Gasteiger partial charge in [0.2, 0.25) is 5.91 Å². The van der Waals surface area contributed by atoms with Gasteiger partial charge in [0, 0.05) is 54.2 Å². The SMILES string of the molecule is Cc1nccn1-c1cccc(C2CCN(C(=O)Cc3c[nH]c4ccccc34)CC2)n1. The normalized spacial score (nSPS) is 15.0. The lowest BCUT2D eigenvalue weighted by Crippen LogP contribution is -2.38. The summed E-state index contributed by atoms with van der Waals surface area (Å²) >= 11 is 0. The summed E-state index contributed by atoms with van der Waals surface area (Å²) in [5.74, 6) is 2.41. The lowest BCUT2D eigenvalue weighted by molar-refractivity contribution is -0.131. The second-order valence-electron chi connectivity index (χ2n) is 7.96. The first-order valence-electron chi connectivity index (χ1n) is 10.5. The Morgan fingerprint density at radius 2 is 1.97 bits per heavy atom. The fraction of sp³-hybridized carbons (Fsp3) is 0.292. The number of benzene rings is 1. The molecule has 0 radical (unpaired) electrons. The van der Waals surface area contributed by atoms with E-state index in [1.165, 1.54) is 0 Å². The minimum Gasteiger partial charge on any atom is -0.361 e. The monoisotopic (exact) mass is 399 g/mol. The number of imidazole rings is 1. The molecule has 1 saturated heterocycles. The number of amides is 1. The van der Waals surface area contributed by atoms with Crippen molar-refractivity contribution in [3.8, 4) is 5.82 Å². The zero-order valence-electron chi connectivity index (χ0n) is 17.1. The molecule has 0 bridgehead atoms. The van der Waals surface area contributed by atoms with Crippen LogP contribution >= 0.6 is 0 Å². The molecule has 5 rings (SSSR count). The van der Waals surface area contributed by atoms with Crippen LogP contribution in [0.3, 0.4) is 0 Å². The lowest BCUT2D eigenvalue weighted by Gasteiger charge is -2.32. The number of nitrogens with zero attached hydrogens (tertiary/aromatic N) is 4. The molecule has 3 aromatic heterocycles. The molecule has 4 heterocycles. The van der Waals surface area contributed by atoms with Gasteiger partial charge in [-0.05, 0) is 43.5 Å². The Morgan fingerprint density at radius 3 is 2.77 bits per heavy atom. The van der Waals surface area contributed by atoms with Crippen molar-refractivity contribution < 1.29 is 4.79 Å². The smallest absolute Gasteiger partial charge is 0.227 e. The molecule has 0 atom stereocenters. The quantitative estimate of drug-likeness (QED) is 0.564. The van der Waals surface area contributed by atoms with E-state index in [1.54, 1.807) is 6.20 Å². The highest BCUT2D eigenvalue weighted by Gasteiger charge is 2.25. The predicted octanol–water partition coefficient (Wildman–Crippen LogP) is 4.01. The number of aryl methyl sites for hydroxylation is 1. The summed E-state index contributed by atoms with van der Waals surface area (Å²) in [4.78, 5) is 27.3. The van der Waals surface area contributed by atoms with Crippen LogP contribution in [0.25, 0.3) is 16.7 Å². The first kappa shape index (κ1) is 18.6. The zero-order valence-corrected chi connectivity index (χ0v) is 17.1. The summed E-state index contributed by atoms with van der Waals surface area (Å²) in [5, 5.41) is 1.14. The molecule has 0 saturated carbocycles. The van der Waals surface area contributed by atoms with Gasteiger partial charge in [-0.2, -0.15) is 0 Å². The predicted molar refractivity (Wildman–Crippen MR) is 117 cm³/mol. The second kappa shape index (κ2) is 7.78. The molecule has 1 fully saturated rings. The van der Waals surface area contributed by atoms with Crippen LogP contribution in [0.1, 0.15) is 35.8 Å². The van der Waals surface area contributed by atoms with Crippen molar-refractivity contribution in [3.05, 3.63) is 78.1 Å². The Balaban J connectivity index is 1.24. The molecule has 1 N–H and O–H groups in total. The molecule has 152 valence electrons. The first-order valence-corrected chi connectivity index (χ1v) is 10.5. The number of likely N-dealkylation sites (tertiary alicyclic amines) is 1. The number of nitrogens with one attached hydrogen (secondary N) is 1. The van der Waals surface area contributed by atoms with Gasteiger partial charge in [-0.1, -0.05) is 24.3 Å². The van der Waals surface area contributed by atoms with Gasteiger partial charge in [0.05, 0.1) is 6.42 Å². The van der Waals surface area contributed by atoms with Gasteiger partial charge >= 0.3 is 0 Å². The van der Waals surface area contributed by atoms with E-state index in [-0.39, 0.29) is 5.91 Å². The summed E-state index contributed by atoms with van der Waals surface area (Å²) in [6, 6.07) is 14.3. The highest BCUT2D eigenvalue weighted by molar-refractivity contribution is 5.88. The molecule has 1 aromatic carbocycles. The van der Waals surface area contributed by atoms with E-state index < -0.39 is 0 Å². The average molecular weight is 399 g/mol. The summed E-state index contributed by atoms with van der Waals surface area (Å²) < 4.78 is 2.00. The molecule has 6 heteroatoms. The van der Waals surface area contributed by atoms with E-state index in [2.05, 4.69) is 28.2 Å². The molecule has 0 unspecified atom stereocenters. The maximum Gasteiger partial charge on any atom is 0.227 e. The molecular weight excluding hydrogens is 374 g/mol. The standard InChI is InChI=1S/C24H25N5O/c1-17-25-11-14-29(17)23-8-4-7-21(27-23)18-9-12-28(13-10-18)24(30)15-19-16-26-22-6-3-2-5-20(19)22/h2-8,11,14,16,18,26H,9-10,12-13,15H2,1H3. The fourth-order valence-corrected chi connectivity index (χ4v) is 4.40. The van der Waals surface area contributed by atoms with E-state index in [9.17, 15) is 4.79 Å². The van der Waals surface area contributed by atoms with Crippen molar-refractivity contribution in [3.63, 3.8) is 0 Å². The Bertz CT molecular complexity index is 1180. The average Bonchev–Trinajstić information content (AvgIpc) is 3.40. The highest BCUT2D eigenvalue weighted by atomic mass is 16.2. The van der Waals surface area contributed by atoms with Crippen molar-refractivity contribution >= 4 is 16.8 Å². The number of hydrogen-bond donors (Lipinski definition) is 1. The van der Waals surface area contributed by atoms with Crippen LogP contribution in [0.15, 0.2) is 61.1 Å². The maximum absolute atomic E-state index is 12.9. The van der Waals surface area contributed by atoms with Crippen molar-refractivity contribution in [2.45, 2.75) is 32.1 Å². The Labute approximate surface area is 175 Å². The van der Waals surface area contributed by atoms with Crippen molar-refractivity contribution in [1.82, 2.24) is 24.4 Å². The van der Waals surface area contributed by atoms with E-state index in [0.717, 1.165) is 59.7 Å². The van der Waals surface area contributed by atoms with Gasteiger partial charge in [-0.15, -0.1) is 0 Å². The summed E-state index contributed by atoms with van der Waals surface area (Å²) in [7, 11) is 0. The number of carbonyl (C=O) groups excluding carboxylic acids is 1. The third-order valence-corrected chi connectivity index (χ3v) is 6.11. The van der Waals surface area contributed by atoms with E-state index >= 15 is 0 Å². The number of aromatic amines is 1. The van der Waals surface area contributed by atoms with Gasteiger partial charge in [0.1, 0.15) is 11.6 Å². The van der Waals surface area contributed by atoms with Gasteiger partial charge in [-0.3, -0.25) is 9.36 Å². The Kier molecular flexibility index (Phi) is 4.83. The highest BCUT2D eigenvalue weighted by Crippen LogP contribution is 2.28.